The Bertz CT molecular complexity index is 646. The van der Waals surface area contributed by atoms with Crippen LogP contribution in [0.25, 0.3) is 11.5 Å². The van der Waals surface area contributed by atoms with E-state index in [-0.39, 0.29) is 29.5 Å². The van der Waals surface area contributed by atoms with Crippen LogP contribution in [0, 0.1) is 11.7 Å². The zero-order valence-electron chi connectivity index (χ0n) is 10.4. The van der Waals surface area contributed by atoms with E-state index in [1.165, 1.54) is 17.0 Å². The predicted molar refractivity (Wildman–Crippen MR) is 70.9 cm³/mol. The van der Waals surface area contributed by atoms with Crippen LogP contribution in [0.2, 0.25) is 0 Å². The highest BCUT2D eigenvalue weighted by molar-refractivity contribution is 6.18. The van der Waals surface area contributed by atoms with Crippen molar-refractivity contribution >= 4 is 23.5 Å². The highest BCUT2D eigenvalue weighted by Gasteiger charge is 2.33. The second-order valence-corrected chi connectivity index (χ2v) is 4.94. The van der Waals surface area contributed by atoms with E-state index < -0.39 is 0 Å². The van der Waals surface area contributed by atoms with Gasteiger partial charge in [-0.1, -0.05) is 11.2 Å². The summed E-state index contributed by atoms with van der Waals surface area (Å²) in [5.41, 5.74) is 0.476. The number of alkyl halides is 1. The fraction of sp³-hybridized carbons (Fsp3) is 0.308. The van der Waals surface area contributed by atoms with Gasteiger partial charge in [0.05, 0.1) is 0 Å². The molecule has 5 nitrogen and oxygen atoms in total. The molecule has 1 amide bonds. The molecule has 104 valence electrons. The third-order valence-electron chi connectivity index (χ3n) is 3.14. The molecule has 0 radical (unpaired) electrons. The smallest absolute Gasteiger partial charge is 0.325 e. The number of aromatic nitrogens is 2. The van der Waals surface area contributed by atoms with E-state index in [1.807, 2.05) is 0 Å². The number of nitrogens with zero attached hydrogens (tertiary/aromatic N) is 3. The summed E-state index contributed by atoms with van der Waals surface area (Å²) in [4.78, 5) is 13.2. The van der Waals surface area contributed by atoms with Gasteiger partial charge in [0, 0.05) is 24.4 Å². The van der Waals surface area contributed by atoms with Crippen LogP contribution in [0.15, 0.2) is 28.7 Å². The minimum absolute atomic E-state index is 0.0914. The number of hydrogen-bond acceptors (Lipinski definition) is 4. The third kappa shape index (κ3) is 2.38. The molecule has 1 unspecified atom stereocenters. The highest BCUT2D eigenvalue weighted by Crippen LogP contribution is 2.27. The van der Waals surface area contributed by atoms with Gasteiger partial charge in [-0.05, 0) is 24.1 Å². The predicted octanol–water partition coefficient (Wildman–Crippen LogP) is 2.47. The lowest BCUT2D eigenvalue weighted by Gasteiger charge is -2.09. The lowest BCUT2D eigenvalue weighted by molar-refractivity contribution is -0.117. The second-order valence-electron chi connectivity index (χ2n) is 4.63. The Balaban J connectivity index is 1.86. The summed E-state index contributed by atoms with van der Waals surface area (Å²) in [6.45, 7) is 0.465. The molecule has 3 rings (SSSR count). The van der Waals surface area contributed by atoms with Crippen LogP contribution < -0.4 is 4.90 Å². The maximum atomic E-state index is 13.2. The van der Waals surface area contributed by atoms with E-state index >= 15 is 0 Å². The average molecular weight is 296 g/mol. The van der Waals surface area contributed by atoms with Gasteiger partial charge in [-0.25, -0.2) is 4.39 Å². The standard InChI is InChI=1S/C13H11ClFN3O2/c14-6-8-4-11(19)18(7-8)13-17-16-12(20-13)9-2-1-3-10(15)5-9/h1-3,5,8H,4,6-7H2. The molecule has 1 aliphatic heterocycles. The minimum atomic E-state index is -0.387. The molecule has 7 heteroatoms. The van der Waals surface area contributed by atoms with Crippen LogP contribution in [0.4, 0.5) is 10.4 Å². The van der Waals surface area contributed by atoms with Gasteiger partial charge < -0.3 is 4.42 Å². The largest absolute Gasteiger partial charge is 0.403 e. The van der Waals surface area contributed by atoms with Crippen molar-refractivity contribution < 1.29 is 13.6 Å². The van der Waals surface area contributed by atoms with Crippen LogP contribution in [-0.2, 0) is 4.79 Å². The molecule has 0 spiro atoms. The zero-order valence-corrected chi connectivity index (χ0v) is 11.2. The second kappa shape index (κ2) is 5.20. The first kappa shape index (κ1) is 13.1. The molecule has 2 heterocycles. The molecule has 0 bridgehead atoms. The lowest BCUT2D eigenvalue weighted by Crippen LogP contribution is -2.24. The van der Waals surface area contributed by atoms with Crippen molar-refractivity contribution in [2.45, 2.75) is 6.42 Å². The van der Waals surface area contributed by atoms with Gasteiger partial charge >= 0.3 is 6.01 Å². The Kier molecular flexibility index (Phi) is 3.40. The van der Waals surface area contributed by atoms with E-state index in [0.717, 1.165) is 0 Å². The van der Waals surface area contributed by atoms with E-state index in [0.29, 0.717) is 24.4 Å². The summed E-state index contributed by atoms with van der Waals surface area (Å²) < 4.78 is 18.6. The number of amides is 1. The van der Waals surface area contributed by atoms with Gasteiger partial charge in [0.25, 0.3) is 0 Å². The molecule has 1 aromatic carbocycles. The van der Waals surface area contributed by atoms with Gasteiger partial charge in [0.1, 0.15) is 5.82 Å². The Hall–Kier alpha value is -1.95. The topological polar surface area (TPSA) is 59.2 Å². The zero-order chi connectivity index (χ0) is 14.1. The van der Waals surface area contributed by atoms with E-state index in [2.05, 4.69) is 10.2 Å². The summed E-state index contributed by atoms with van der Waals surface area (Å²) in [5.74, 6) is 0.203. The first-order valence-corrected chi connectivity index (χ1v) is 6.66. The Labute approximate surface area is 119 Å². The number of carbonyl (C=O) groups is 1. The molecule has 20 heavy (non-hydrogen) atoms. The van der Waals surface area contributed by atoms with Gasteiger partial charge in [0.2, 0.25) is 11.8 Å². The molecule has 1 aromatic heterocycles. The van der Waals surface area contributed by atoms with Crippen LogP contribution in [0.1, 0.15) is 6.42 Å². The lowest BCUT2D eigenvalue weighted by atomic mass is 10.2. The summed E-state index contributed by atoms with van der Waals surface area (Å²) in [5, 5.41) is 7.69. The van der Waals surface area contributed by atoms with E-state index in [1.54, 1.807) is 12.1 Å². The molecular formula is C13H11ClFN3O2. The average Bonchev–Trinajstić information content (AvgIpc) is 3.05. The SMILES string of the molecule is O=C1CC(CCl)CN1c1nnc(-c2cccc(F)c2)o1. The number of hydrogen-bond donors (Lipinski definition) is 0. The highest BCUT2D eigenvalue weighted by atomic mass is 35.5. The van der Waals surface area contributed by atoms with Crippen molar-refractivity contribution in [3.63, 3.8) is 0 Å². The maximum Gasteiger partial charge on any atom is 0.325 e. The summed E-state index contributed by atoms with van der Waals surface area (Å²) >= 11 is 5.76. The monoisotopic (exact) mass is 295 g/mol. The molecule has 2 aromatic rings. The van der Waals surface area contributed by atoms with Gasteiger partial charge in [-0.2, -0.15) is 0 Å². The molecule has 1 aliphatic rings. The molecular weight excluding hydrogens is 285 g/mol. The van der Waals surface area contributed by atoms with Crippen molar-refractivity contribution in [3.8, 4) is 11.5 Å². The van der Waals surface area contributed by atoms with E-state index in [4.69, 9.17) is 16.0 Å². The fourth-order valence-electron chi connectivity index (χ4n) is 2.13. The maximum absolute atomic E-state index is 13.2. The van der Waals surface area contributed by atoms with Crippen LogP contribution in [0.5, 0.6) is 0 Å². The molecule has 1 fully saturated rings. The molecule has 0 N–H and O–H groups in total. The number of carbonyl (C=O) groups excluding carboxylic acids is 1. The summed E-state index contributed by atoms with van der Waals surface area (Å²) in [6.07, 6.45) is 0.376. The van der Waals surface area contributed by atoms with Crippen LogP contribution in [-0.4, -0.2) is 28.5 Å². The van der Waals surface area contributed by atoms with Crippen LogP contribution >= 0.6 is 11.6 Å². The summed E-state index contributed by atoms with van der Waals surface area (Å²) in [6, 6.07) is 5.97. The molecule has 0 saturated carbocycles. The molecule has 1 atom stereocenters. The Morgan fingerprint density at radius 2 is 2.30 bits per heavy atom. The van der Waals surface area contributed by atoms with Gasteiger partial charge in [-0.3, -0.25) is 9.69 Å². The van der Waals surface area contributed by atoms with Crippen molar-refractivity contribution in [2.24, 2.45) is 5.92 Å². The minimum Gasteiger partial charge on any atom is -0.403 e. The van der Waals surface area contributed by atoms with Gasteiger partial charge in [0.15, 0.2) is 0 Å². The van der Waals surface area contributed by atoms with Gasteiger partial charge in [-0.15, -0.1) is 16.7 Å². The number of rotatable bonds is 3. The third-order valence-corrected chi connectivity index (χ3v) is 3.58. The first-order chi connectivity index (χ1) is 9.67. The quantitative estimate of drug-likeness (QED) is 0.816. The molecule has 1 saturated heterocycles. The Morgan fingerprint density at radius 1 is 1.45 bits per heavy atom. The van der Waals surface area contributed by atoms with Crippen molar-refractivity contribution in [1.29, 1.82) is 0 Å². The first-order valence-electron chi connectivity index (χ1n) is 6.13. The van der Waals surface area contributed by atoms with E-state index in [9.17, 15) is 9.18 Å². The van der Waals surface area contributed by atoms with Crippen molar-refractivity contribution in [1.82, 2.24) is 10.2 Å². The van der Waals surface area contributed by atoms with Crippen LogP contribution in [0.3, 0.4) is 0 Å². The summed E-state index contributed by atoms with van der Waals surface area (Å²) in [7, 11) is 0. The molecule has 0 aliphatic carbocycles. The number of anilines is 1. The fourth-order valence-corrected chi connectivity index (χ4v) is 2.34. The number of benzene rings is 1. The van der Waals surface area contributed by atoms with Crippen molar-refractivity contribution in [2.75, 3.05) is 17.3 Å². The van der Waals surface area contributed by atoms with Crippen molar-refractivity contribution in [3.05, 3.63) is 30.1 Å². The Morgan fingerprint density at radius 3 is 3.00 bits per heavy atom. The normalized spacial score (nSPS) is 18.8. The number of halogens is 2.